The molecule has 0 aliphatic carbocycles. The zero-order chi connectivity index (χ0) is 20.8. The molecule has 0 radical (unpaired) electrons. The standard InChI is InChI=1S/C24H21N3O3/c25-16-20-4-1-2-5-21(20)19-9-7-18(8-10-19)17-30-24(28)22-6-3-11-26-23(22)27-12-14-29-15-13-27/h1-11H,12-15,17H2. The summed E-state index contributed by atoms with van der Waals surface area (Å²) in [6, 6.07) is 20.8. The highest BCUT2D eigenvalue weighted by Gasteiger charge is 2.20. The lowest BCUT2D eigenvalue weighted by Gasteiger charge is -2.28. The molecule has 0 bridgehead atoms. The molecule has 0 atom stereocenters. The first-order valence-electron chi connectivity index (χ1n) is 9.79. The van der Waals surface area contributed by atoms with Gasteiger partial charge in [0.25, 0.3) is 0 Å². The molecule has 30 heavy (non-hydrogen) atoms. The Morgan fingerprint density at radius 3 is 2.60 bits per heavy atom. The van der Waals surface area contributed by atoms with Crippen molar-refractivity contribution in [2.75, 3.05) is 31.2 Å². The van der Waals surface area contributed by atoms with E-state index < -0.39 is 5.97 Å². The van der Waals surface area contributed by atoms with Gasteiger partial charge >= 0.3 is 5.97 Å². The van der Waals surface area contributed by atoms with E-state index in [1.807, 2.05) is 47.4 Å². The molecule has 2 heterocycles. The maximum atomic E-state index is 12.7. The molecule has 6 nitrogen and oxygen atoms in total. The van der Waals surface area contributed by atoms with Gasteiger partial charge in [-0.25, -0.2) is 9.78 Å². The first-order chi connectivity index (χ1) is 14.8. The fraction of sp³-hybridized carbons (Fsp3) is 0.208. The summed E-state index contributed by atoms with van der Waals surface area (Å²) >= 11 is 0. The van der Waals surface area contributed by atoms with Crippen molar-refractivity contribution in [3.63, 3.8) is 0 Å². The van der Waals surface area contributed by atoms with Crippen LogP contribution < -0.4 is 4.90 Å². The molecule has 0 N–H and O–H groups in total. The fourth-order valence-electron chi connectivity index (χ4n) is 3.42. The molecule has 1 aromatic heterocycles. The maximum Gasteiger partial charge on any atom is 0.342 e. The molecule has 0 saturated carbocycles. The van der Waals surface area contributed by atoms with Gasteiger partial charge in [-0.1, -0.05) is 42.5 Å². The van der Waals surface area contributed by atoms with Crippen LogP contribution in [0.25, 0.3) is 11.1 Å². The van der Waals surface area contributed by atoms with Gasteiger partial charge in [0.2, 0.25) is 0 Å². The lowest BCUT2D eigenvalue weighted by molar-refractivity contribution is 0.0472. The molecule has 4 rings (SSSR count). The van der Waals surface area contributed by atoms with E-state index >= 15 is 0 Å². The highest BCUT2D eigenvalue weighted by Crippen LogP contribution is 2.24. The second kappa shape index (κ2) is 9.21. The number of morpholine rings is 1. The van der Waals surface area contributed by atoms with Crippen molar-refractivity contribution in [2.45, 2.75) is 6.61 Å². The fourth-order valence-corrected chi connectivity index (χ4v) is 3.42. The third kappa shape index (κ3) is 4.32. The van der Waals surface area contributed by atoms with Crippen molar-refractivity contribution in [3.05, 3.63) is 83.6 Å². The number of rotatable bonds is 5. The van der Waals surface area contributed by atoms with Gasteiger partial charge in [0, 0.05) is 19.3 Å². The molecule has 1 aliphatic heterocycles. The number of ether oxygens (including phenoxy) is 2. The summed E-state index contributed by atoms with van der Waals surface area (Å²) in [5.74, 6) is 0.234. The van der Waals surface area contributed by atoms with Crippen molar-refractivity contribution < 1.29 is 14.3 Å². The van der Waals surface area contributed by atoms with Gasteiger partial charge < -0.3 is 14.4 Å². The third-order valence-electron chi connectivity index (χ3n) is 5.00. The monoisotopic (exact) mass is 399 g/mol. The predicted octanol–water partition coefficient (Wildman–Crippen LogP) is 3.81. The molecule has 1 aliphatic rings. The quantitative estimate of drug-likeness (QED) is 0.607. The molecule has 150 valence electrons. The number of carbonyl (C=O) groups excluding carboxylic acids is 1. The number of hydrogen-bond acceptors (Lipinski definition) is 6. The van der Waals surface area contributed by atoms with E-state index in [1.54, 1.807) is 24.4 Å². The number of hydrogen-bond donors (Lipinski definition) is 0. The van der Waals surface area contributed by atoms with Crippen LogP contribution in [0.4, 0.5) is 5.82 Å². The van der Waals surface area contributed by atoms with Crippen molar-refractivity contribution in [1.29, 1.82) is 5.26 Å². The van der Waals surface area contributed by atoms with Crippen LogP contribution in [0.15, 0.2) is 66.9 Å². The number of pyridine rings is 1. The van der Waals surface area contributed by atoms with Gasteiger partial charge in [0.05, 0.1) is 24.8 Å². The first kappa shape index (κ1) is 19.6. The molecule has 3 aromatic rings. The molecule has 2 aromatic carbocycles. The summed E-state index contributed by atoms with van der Waals surface area (Å²) in [5, 5.41) is 9.28. The third-order valence-corrected chi connectivity index (χ3v) is 5.00. The number of carbonyl (C=O) groups is 1. The summed E-state index contributed by atoms with van der Waals surface area (Å²) in [6.45, 7) is 2.79. The van der Waals surface area contributed by atoms with Gasteiger partial charge in [-0.3, -0.25) is 0 Å². The molecule has 1 fully saturated rings. The summed E-state index contributed by atoms with van der Waals surface area (Å²) in [7, 11) is 0. The molecule has 0 amide bonds. The lowest BCUT2D eigenvalue weighted by Crippen LogP contribution is -2.37. The van der Waals surface area contributed by atoms with Gasteiger partial charge in [-0.15, -0.1) is 0 Å². The van der Waals surface area contributed by atoms with Crippen molar-refractivity contribution in [2.24, 2.45) is 0 Å². The second-order valence-electron chi connectivity index (χ2n) is 6.90. The van der Waals surface area contributed by atoms with Crippen LogP contribution in [0.1, 0.15) is 21.5 Å². The Labute approximate surface area is 175 Å². The zero-order valence-electron chi connectivity index (χ0n) is 16.5. The van der Waals surface area contributed by atoms with E-state index in [4.69, 9.17) is 9.47 Å². The van der Waals surface area contributed by atoms with E-state index in [9.17, 15) is 10.1 Å². The zero-order valence-corrected chi connectivity index (χ0v) is 16.5. The number of aromatic nitrogens is 1. The Morgan fingerprint density at radius 1 is 1.07 bits per heavy atom. The Morgan fingerprint density at radius 2 is 1.83 bits per heavy atom. The first-order valence-corrected chi connectivity index (χ1v) is 9.79. The number of nitriles is 1. The number of esters is 1. The van der Waals surface area contributed by atoms with Gasteiger partial charge in [0.15, 0.2) is 0 Å². The average Bonchev–Trinajstić information content (AvgIpc) is 2.83. The van der Waals surface area contributed by atoms with E-state index in [1.165, 1.54) is 0 Å². The van der Waals surface area contributed by atoms with Crippen molar-refractivity contribution in [1.82, 2.24) is 4.98 Å². The van der Waals surface area contributed by atoms with Crippen LogP contribution >= 0.6 is 0 Å². The Kier molecular flexibility index (Phi) is 6.02. The number of anilines is 1. The summed E-state index contributed by atoms with van der Waals surface area (Å²) in [4.78, 5) is 19.1. The van der Waals surface area contributed by atoms with Crippen LogP contribution in [-0.4, -0.2) is 37.3 Å². The summed E-state index contributed by atoms with van der Waals surface area (Å²) in [5.41, 5.74) is 3.79. The molecular weight excluding hydrogens is 378 g/mol. The molecule has 0 spiro atoms. The van der Waals surface area contributed by atoms with E-state index in [0.29, 0.717) is 43.2 Å². The normalized spacial score (nSPS) is 13.5. The molecular formula is C24H21N3O3. The Hall–Kier alpha value is -3.69. The van der Waals surface area contributed by atoms with E-state index in [2.05, 4.69) is 11.1 Å². The summed E-state index contributed by atoms with van der Waals surface area (Å²) < 4.78 is 10.9. The molecule has 1 saturated heterocycles. The van der Waals surface area contributed by atoms with Gasteiger partial charge in [-0.2, -0.15) is 5.26 Å². The lowest BCUT2D eigenvalue weighted by atomic mass is 9.99. The van der Waals surface area contributed by atoms with Gasteiger partial charge in [-0.05, 0) is 34.9 Å². The maximum absolute atomic E-state index is 12.7. The van der Waals surface area contributed by atoms with Crippen LogP contribution in [0, 0.1) is 11.3 Å². The number of nitrogens with zero attached hydrogens (tertiary/aromatic N) is 3. The predicted molar refractivity (Wildman–Crippen MR) is 113 cm³/mol. The van der Waals surface area contributed by atoms with Crippen LogP contribution in [0.5, 0.6) is 0 Å². The van der Waals surface area contributed by atoms with Crippen LogP contribution in [-0.2, 0) is 16.1 Å². The minimum absolute atomic E-state index is 0.163. The minimum Gasteiger partial charge on any atom is -0.457 e. The molecule has 6 heteroatoms. The highest BCUT2D eigenvalue weighted by atomic mass is 16.5. The number of benzene rings is 2. The van der Waals surface area contributed by atoms with Crippen LogP contribution in [0.2, 0.25) is 0 Å². The van der Waals surface area contributed by atoms with Crippen molar-refractivity contribution >= 4 is 11.8 Å². The van der Waals surface area contributed by atoms with Crippen molar-refractivity contribution in [3.8, 4) is 17.2 Å². The smallest absolute Gasteiger partial charge is 0.342 e. The highest BCUT2D eigenvalue weighted by molar-refractivity contribution is 5.94. The second-order valence-corrected chi connectivity index (χ2v) is 6.90. The van der Waals surface area contributed by atoms with Crippen LogP contribution in [0.3, 0.4) is 0 Å². The SMILES string of the molecule is N#Cc1ccccc1-c1ccc(COC(=O)c2cccnc2N2CCOCC2)cc1. The topological polar surface area (TPSA) is 75.5 Å². The minimum atomic E-state index is -0.400. The van der Waals surface area contributed by atoms with Gasteiger partial charge in [0.1, 0.15) is 18.0 Å². The summed E-state index contributed by atoms with van der Waals surface area (Å²) in [6.07, 6.45) is 1.68. The molecule has 0 unspecified atom stereocenters. The Balaban J connectivity index is 1.44. The van der Waals surface area contributed by atoms with E-state index in [-0.39, 0.29) is 6.61 Å². The largest absolute Gasteiger partial charge is 0.457 e. The average molecular weight is 399 g/mol. The van der Waals surface area contributed by atoms with E-state index in [0.717, 1.165) is 16.7 Å². The Bertz CT molecular complexity index is 1070.